The van der Waals surface area contributed by atoms with Gasteiger partial charge in [0.15, 0.2) is 11.9 Å². The molecule has 1 aromatic carbocycles. The first-order chi connectivity index (χ1) is 13.7. The Morgan fingerprint density at radius 1 is 1.07 bits per heavy atom. The van der Waals surface area contributed by atoms with Gasteiger partial charge in [-0.1, -0.05) is 37.8 Å². The number of rotatable bonds is 8. The number of amides is 1. The van der Waals surface area contributed by atoms with Crippen molar-refractivity contribution < 1.29 is 27.5 Å². The van der Waals surface area contributed by atoms with Gasteiger partial charge in [0.2, 0.25) is 10.0 Å². The van der Waals surface area contributed by atoms with E-state index in [0.29, 0.717) is 5.56 Å². The lowest BCUT2D eigenvalue weighted by atomic mass is 10.1. The van der Waals surface area contributed by atoms with Crippen molar-refractivity contribution in [2.45, 2.75) is 69.4 Å². The molecular weight excluding hydrogens is 396 g/mol. The zero-order valence-corrected chi connectivity index (χ0v) is 17.6. The van der Waals surface area contributed by atoms with E-state index in [9.17, 15) is 22.8 Å². The molecule has 0 bridgehead atoms. The van der Waals surface area contributed by atoms with Gasteiger partial charge in [0.25, 0.3) is 5.91 Å². The number of ether oxygens (including phenoxy) is 1. The van der Waals surface area contributed by atoms with Crippen LogP contribution in [-0.2, 0) is 24.3 Å². The summed E-state index contributed by atoms with van der Waals surface area (Å²) in [6, 6.07) is 5.45. The number of carbonyl (C=O) groups excluding carboxylic acids is 3. The van der Waals surface area contributed by atoms with Crippen molar-refractivity contribution in [3.05, 3.63) is 29.8 Å². The van der Waals surface area contributed by atoms with Crippen LogP contribution in [0.4, 0.5) is 0 Å². The SMILES string of the molecule is CC(=O)c1ccc(S(=O)(=O)NCC(=O)O[C@H](C)C(=O)NC2CCCCCC2)cc1. The fourth-order valence-electron chi connectivity index (χ4n) is 3.14. The molecule has 0 aromatic heterocycles. The van der Waals surface area contributed by atoms with E-state index in [1.165, 1.54) is 38.1 Å². The molecule has 160 valence electrons. The fourth-order valence-corrected chi connectivity index (χ4v) is 4.11. The molecule has 0 unspecified atom stereocenters. The summed E-state index contributed by atoms with van der Waals surface area (Å²) in [6.07, 6.45) is 5.26. The minimum Gasteiger partial charge on any atom is -0.452 e. The van der Waals surface area contributed by atoms with Crippen molar-refractivity contribution in [2.75, 3.05) is 6.54 Å². The molecule has 0 saturated heterocycles. The number of sulfonamides is 1. The number of Topliss-reactive ketones (excluding diaryl/α,β-unsaturated/α-hetero) is 1. The maximum Gasteiger partial charge on any atom is 0.321 e. The molecule has 1 aliphatic rings. The van der Waals surface area contributed by atoms with Gasteiger partial charge in [-0.25, -0.2) is 8.42 Å². The van der Waals surface area contributed by atoms with Crippen molar-refractivity contribution in [2.24, 2.45) is 0 Å². The summed E-state index contributed by atoms with van der Waals surface area (Å²) in [5, 5.41) is 2.89. The van der Waals surface area contributed by atoms with E-state index in [0.717, 1.165) is 38.5 Å². The first kappa shape index (κ1) is 23.0. The summed E-state index contributed by atoms with van der Waals surface area (Å²) in [5.41, 5.74) is 0.386. The maximum absolute atomic E-state index is 12.2. The average molecular weight is 425 g/mol. The first-order valence-corrected chi connectivity index (χ1v) is 11.3. The highest BCUT2D eigenvalue weighted by Crippen LogP contribution is 2.17. The quantitative estimate of drug-likeness (QED) is 0.374. The largest absolute Gasteiger partial charge is 0.452 e. The van der Waals surface area contributed by atoms with Crippen LogP contribution >= 0.6 is 0 Å². The molecule has 29 heavy (non-hydrogen) atoms. The van der Waals surface area contributed by atoms with Gasteiger partial charge in [0.1, 0.15) is 6.54 Å². The highest BCUT2D eigenvalue weighted by molar-refractivity contribution is 7.89. The van der Waals surface area contributed by atoms with Crippen LogP contribution in [0.3, 0.4) is 0 Å². The standard InChI is InChI=1S/C20H28N2O6S/c1-14(23)16-9-11-18(12-10-16)29(26,27)21-13-19(24)28-15(2)20(25)22-17-7-5-3-4-6-8-17/h9-12,15,17,21H,3-8,13H2,1-2H3,(H,22,25)/t15-/m1/s1. The van der Waals surface area contributed by atoms with E-state index in [-0.39, 0.29) is 22.6 Å². The lowest BCUT2D eigenvalue weighted by Gasteiger charge is -2.19. The second kappa shape index (κ2) is 10.5. The summed E-state index contributed by atoms with van der Waals surface area (Å²) in [7, 11) is -3.94. The highest BCUT2D eigenvalue weighted by atomic mass is 32.2. The van der Waals surface area contributed by atoms with Gasteiger partial charge >= 0.3 is 5.97 Å². The predicted molar refractivity (Wildman–Crippen MR) is 107 cm³/mol. The summed E-state index contributed by atoms with van der Waals surface area (Å²) >= 11 is 0. The molecule has 0 aliphatic heterocycles. The average Bonchev–Trinajstić information content (AvgIpc) is 2.95. The Balaban J connectivity index is 1.82. The molecule has 1 aliphatic carbocycles. The van der Waals surface area contributed by atoms with Crippen LogP contribution in [0.1, 0.15) is 62.7 Å². The highest BCUT2D eigenvalue weighted by Gasteiger charge is 2.23. The molecule has 8 nitrogen and oxygen atoms in total. The molecule has 1 saturated carbocycles. The van der Waals surface area contributed by atoms with Crippen molar-refractivity contribution in [1.82, 2.24) is 10.0 Å². The summed E-state index contributed by atoms with van der Waals surface area (Å²) in [6.45, 7) is 2.24. The summed E-state index contributed by atoms with van der Waals surface area (Å²) in [4.78, 5) is 35.4. The molecule has 1 aromatic rings. The van der Waals surface area contributed by atoms with E-state index in [1.807, 2.05) is 0 Å². The Kier molecular flexibility index (Phi) is 8.33. The minimum absolute atomic E-state index is 0.0746. The van der Waals surface area contributed by atoms with Gasteiger partial charge in [-0.05, 0) is 38.8 Å². The number of nitrogens with one attached hydrogen (secondary N) is 2. The van der Waals surface area contributed by atoms with Crippen LogP contribution in [0.5, 0.6) is 0 Å². The molecule has 0 heterocycles. The Hall–Kier alpha value is -2.26. The van der Waals surface area contributed by atoms with Crippen molar-refractivity contribution >= 4 is 27.7 Å². The molecule has 0 spiro atoms. The molecule has 0 radical (unpaired) electrons. The zero-order valence-electron chi connectivity index (χ0n) is 16.8. The summed E-state index contributed by atoms with van der Waals surface area (Å²) in [5.74, 6) is -1.41. The second-order valence-electron chi connectivity index (χ2n) is 7.23. The number of hydrogen-bond donors (Lipinski definition) is 2. The molecule has 2 rings (SSSR count). The number of ketones is 1. The topological polar surface area (TPSA) is 119 Å². The minimum atomic E-state index is -3.94. The van der Waals surface area contributed by atoms with Crippen LogP contribution in [-0.4, -0.2) is 44.8 Å². The van der Waals surface area contributed by atoms with Gasteiger partial charge in [-0.3, -0.25) is 14.4 Å². The summed E-state index contributed by atoms with van der Waals surface area (Å²) < 4.78 is 31.7. The molecule has 1 atom stereocenters. The van der Waals surface area contributed by atoms with Gasteiger partial charge in [-0.15, -0.1) is 0 Å². The van der Waals surface area contributed by atoms with Crippen LogP contribution < -0.4 is 10.0 Å². The van der Waals surface area contributed by atoms with Crippen LogP contribution in [0.2, 0.25) is 0 Å². The Morgan fingerprint density at radius 3 is 2.21 bits per heavy atom. The number of benzene rings is 1. The van der Waals surface area contributed by atoms with Crippen molar-refractivity contribution in [3.8, 4) is 0 Å². The number of esters is 1. The third-order valence-corrected chi connectivity index (χ3v) is 6.27. The Morgan fingerprint density at radius 2 is 1.66 bits per heavy atom. The Bertz CT molecular complexity index is 827. The van der Waals surface area contributed by atoms with Crippen LogP contribution in [0.15, 0.2) is 29.2 Å². The van der Waals surface area contributed by atoms with Gasteiger partial charge in [0.05, 0.1) is 4.90 Å². The second-order valence-corrected chi connectivity index (χ2v) is 9.00. The van der Waals surface area contributed by atoms with E-state index < -0.39 is 28.6 Å². The van der Waals surface area contributed by atoms with Crippen LogP contribution in [0.25, 0.3) is 0 Å². The fraction of sp³-hybridized carbons (Fsp3) is 0.550. The maximum atomic E-state index is 12.2. The first-order valence-electron chi connectivity index (χ1n) is 9.79. The third-order valence-electron chi connectivity index (χ3n) is 4.86. The molecular formula is C20H28N2O6S. The molecule has 9 heteroatoms. The van der Waals surface area contributed by atoms with Gasteiger partial charge in [0, 0.05) is 11.6 Å². The van der Waals surface area contributed by atoms with Gasteiger partial charge < -0.3 is 10.1 Å². The molecule has 1 amide bonds. The van der Waals surface area contributed by atoms with Crippen molar-refractivity contribution in [1.29, 1.82) is 0 Å². The smallest absolute Gasteiger partial charge is 0.321 e. The normalized spacial score (nSPS) is 16.5. The number of carbonyl (C=O) groups is 3. The Labute approximate surface area is 171 Å². The van der Waals surface area contributed by atoms with Crippen LogP contribution in [0, 0.1) is 0 Å². The van der Waals surface area contributed by atoms with E-state index >= 15 is 0 Å². The number of hydrogen-bond acceptors (Lipinski definition) is 6. The lowest BCUT2D eigenvalue weighted by molar-refractivity contribution is -0.153. The predicted octanol–water partition coefficient (Wildman–Crippen LogP) is 1.94. The van der Waals surface area contributed by atoms with E-state index in [4.69, 9.17) is 4.74 Å². The molecule has 1 fully saturated rings. The van der Waals surface area contributed by atoms with E-state index in [2.05, 4.69) is 10.0 Å². The van der Waals surface area contributed by atoms with Crippen molar-refractivity contribution in [3.63, 3.8) is 0 Å². The lowest BCUT2D eigenvalue weighted by Crippen LogP contribution is -2.43. The van der Waals surface area contributed by atoms with E-state index in [1.54, 1.807) is 0 Å². The zero-order chi connectivity index (χ0) is 21.4. The monoisotopic (exact) mass is 424 g/mol. The third kappa shape index (κ3) is 7.25. The molecule has 2 N–H and O–H groups in total. The van der Waals surface area contributed by atoms with Gasteiger partial charge in [-0.2, -0.15) is 4.72 Å².